The van der Waals surface area contributed by atoms with E-state index >= 15 is 0 Å². The molecule has 0 radical (unpaired) electrons. The molecule has 0 spiro atoms. The molecular weight excluding hydrogens is 280 g/mol. The van der Waals surface area contributed by atoms with Crippen molar-refractivity contribution in [3.63, 3.8) is 0 Å². The summed E-state index contributed by atoms with van der Waals surface area (Å²) in [6.45, 7) is 5.15. The topological polar surface area (TPSA) is 121 Å². The second-order valence-electron chi connectivity index (χ2n) is 3.84. The van der Waals surface area contributed by atoms with Gasteiger partial charge in [0.25, 0.3) is 0 Å². The lowest BCUT2D eigenvalue weighted by Gasteiger charge is -2.15. The van der Waals surface area contributed by atoms with E-state index in [-0.39, 0.29) is 0 Å². The van der Waals surface area contributed by atoms with Gasteiger partial charge in [-0.2, -0.15) is 0 Å². The van der Waals surface area contributed by atoms with Crippen LogP contribution in [0.2, 0.25) is 0 Å². The molecule has 0 bridgehead atoms. The molecule has 0 saturated heterocycles. The molecule has 0 aromatic carbocycles. The molecule has 0 heterocycles. The van der Waals surface area contributed by atoms with Crippen LogP contribution in [-0.4, -0.2) is 45.4 Å². The van der Waals surface area contributed by atoms with Gasteiger partial charge < -0.3 is 20.1 Å². The Hall–Kier alpha value is -2.67. The molecule has 0 aliphatic carbocycles. The number of hydrogen-bond acceptors (Lipinski definition) is 5. The first kappa shape index (κ1) is 18.3. The fourth-order valence-corrected chi connectivity index (χ4v) is 1.08. The Bertz CT molecular complexity index is 499. The van der Waals surface area contributed by atoms with Gasteiger partial charge in [-0.05, 0) is 6.92 Å². The SMILES string of the molecule is C=CC=CC=C(C)C=CC(=O)OC(C(=O)O)C(O)C(=O)O. The van der Waals surface area contributed by atoms with E-state index in [2.05, 4.69) is 11.3 Å². The van der Waals surface area contributed by atoms with Crippen LogP contribution in [0.4, 0.5) is 0 Å². The van der Waals surface area contributed by atoms with Crippen LogP contribution < -0.4 is 0 Å². The van der Waals surface area contributed by atoms with Gasteiger partial charge in [-0.15, -0.1) is 0 Å². The first-order valence-corrected chi connectivity index (χ1v) is 5.78. The molecule has 3 N–H and O–H groups in total. The molecule has 0 aliphatic rings. The lowest BCUT2D eigenvalue weighted by molar-refractivity contribution is -0.176. The number of carboxylic acids is 2. The van der Waals surface area contributed by atoms with Crippen LogP contribution in [-0.2, 0) is 19.1 Å². The first-order chi connectivity index (χ1) is 9.79. The fourth-order valence-electron chi connectivity index (χ4n) is 1.08. The molecule has 0 fully saturated rings. The summed E-state index contributed by atoms with van der Waals surface area (Å²) < 4.78 is 4.39. The maximum Gasteiger partial charge on any atom is 0.348 e. The van der Waals surface area contributed by atoms with Gasteiger partial charge in [0, 0.05) is 6.08 Å². The van der Waals surface area contributed by atoms with Crippen LogP contribution in [0.15, 0.2) is 48.6 Å². The molecule has 2 atom stereocenters. The Morgan fingerprint density at radius 3 is 2.19 bits per heavy atom. The van der Waals surface area contributed by atoms with Gasteiger partial charge in [0.15, 0.2) is 6.10 Å². The summed E-state index contributed by atoms with van der Waals surface area (Å²) in [6.07, 6.45) is 4.32. The van der Waals surface area contributed by atoms with Gasteiger partial charge in [-0.3, -0.25) is 0 Å². The van der Waals surface area contributed by atoms with E-state index in [1.165, 1.54) is 6.08 Å². The highest BCUT2D eigenvalue weighted by Crippen LogP contribution is 2.03. The van der Waals surface area contributed by atoms with Crippen LogP contribution in [0.5, 0.6) is 0 Å². The Morgan fingerprint density at radius 2 is 1.71 bits per heavy atom. The quantitative estimate of drug-likeness (QED) is 0.342. The molecule has 0 rings (SSSR count). The summed E-state index contributed by atoms with van der Waals surface area (Å²) in [7, 11) is 0. The first-order valence-electron chi connectivity index (χ1n) is 5.78. The number of esters is 1. The van der Waals surface area contributed by atoms with Crippen LogP contribution in [0.3, 0.4) is 0 Å². The number of hydrogen-bond donors (Lipinski definition) is 3. The van der Waals surface area contributed by atoms with E-state index in [9.17, 15) is 14.4 Å². The molecule has 7 heteroatoms. The van der Waals surface area contributed by atoms with Crippen molar-refractivity contribution in [2.75, 3.05) is 0 Å². The summed E-state index contributed by atoms with van der Waals surface area (Å²) >= 11 is 0. The predicted molar refractivity (Wildman–Crippen MR) is 73.4 cm³/mol. The summed E-state index contributed by atoms with van der Waals surface area (Å²) in [6, 6.07) is 0. The van der Waals surface area contributed by atoms with E-state index in [0.29, 0.717) is 5.57 Å². The predicted octanol–water partition coefficient (Wildman–Crippen LogP) is 0.673. The molecule has 0 saturated carbocycles. The fraction of sp³-hybridized carbons (Fsp3) is 0.214. The van der Waals surface area contributed by atoms with Crippen molar-refractivity contribution in [1.29, 1.82) is 0 Å². The van der Waals surface area contributed by atoms with Gasteiger partial charge in [-0.1, -0.05) is 42.5 Å². The van der Waals surface area contributed by atoms with Crippen molar-refractivity contribution >= 4 is 17.9 Å². The van der Waals surface area contributed by atoms with Crippen molar-refractivity contribution in [3.05, 3.63) is 48.6 Å². The second-order valence-corrected chi connectivity index (χ2v) is 3.84. The van der Waals surface area contributed by atoms with Crippen LogP contribution >= 0.6 is 0 Å². The average Bonchev–Trinajstić information content (AvgIpc) is 2.41. The van der Waals surface area contributed by atoms with Crippen LogP contribution in [0.25, 0.3) is 0 Å². The van der Waals surface area contributed by atoms with E-state index in [0.717, 1.165) is 6.08 Å². The Kier molecular flexibility index (Phi) is 8.09. The number of carboxylic acid groups (broad SMARTS) is 2. The maximum atomic E-state index is 11.4. The lowest BCUT2D eigenvalue weighted by atomic mass is 10.2. The Morgan fingerprint density at radius 1 is 1.10 bits per heavy atom. The normalized spacial score (nSPS) is 14.9. The average molecular weight is 296 g/mol. The number of allylic oxidation sites excluding steroid dienone is 6. The van der Waals surface area contributed by atoms with Crippen molar-refractivity contribution in [2.45, 2.75) is 19.1 Å². The monoisotopic (exact) mass is 296 g/mol. The van der Waals surface area contributed by atoms with Crippen molar-refractivity contribution in [1.82, 2.24) is 0 Å². The number of rotatable bonds is 8. The van der Waals surface area contributed by atoms with Crippen LogP contribution in [0, 0.1) is 0 Å². The van der Waals surface area contributed by atoms with E-state index < -0.39 is 30.1 Å². The van der Waals surface area contributed by atoms with E-state index in [1.54, 1.807) is 31.2 Å². The number of aliphatic hydroxyl groups excluding tert-OH is 1. The van der Waals surface area contributed by atoms with Gasteiger partial charge in [0.2, 0.25) is 6.10 Å². The molecule has 7 nitrogen and oxygen atoms in total. The molecule has 0 aromatic rings. The number of carbonyl (C=O) groups is 3. The lowest BCUT2D eigenvalue weighted by Crippen LogP contribution is -2.42. The number of ether oxygens (including phenoxy) is 1. The minimum atomic E-state index is -2.34. The highest BCUT2D eigenvalue weighted by atomic mass is 16.6. The number of carbonyl (C=O) groups excluding carboxylic acids is 1. The zero-order valence-corrected chi connectivity index (χ0v) is 11.3. The minimum absolute atomic E-state index is 0.663. The standard InChI is InChI=1S/C14H16O7/c1-3-4-5-6-9(2)7-8-10(15)21-12(14(19)20)11(16)13(17)18/h3-8,11-12,16H,1H2,2H3,(H,17,18)(H,19,20). The highest BCUT2D eigenvalue weighted by Gasteiger charge is 2.35. The molecule has 21 heavy (non-hydrogen) atoms. The molecule has 0 aromatic heterocycles. The molecular formula is C14H16O7. The van der Waals surface area contributed by atoms with Gasteiger partial charge in [-0.25, -0.2) is 14.4 Å². The highest BCUT2D eigenvalue weighted by molar-refractivity contribution is 5.88. The molecule has 0 amide bonds. The summed E-state index contributed by atoms with van der Waals surface area (Å²) in [5, 5.41) is 26.3. The number of aliphatic carboxylic acids is 2. The van der Waals surface area contributed by atoms with Crippen molar-refractivity contribution < 1.29 is 34.4 Å². The number of aliphatic hydroxyl groups is 1. The smallest absolute Gasteiger partial charge is 0.348 e. The zero-order valence-electron chi connectivity index (χ0n) is 11.3. The minimum Gasteiger partial charge on any atom is -0.479 e. The van der Waals surface area contributed by atoms with Gasteiger partial charge in [0.1, 0.15) is 0 Å². The summed E-state index contributed by atoms with van der Waals surface area (Å²) in [5.41, 5.74) is 0.663. The van der Waals surface area contributed by atoms with E-state index in [4.69, 9.17) is 15.3 Å². The van der Waals surface area contributed by atoms with Gasteiger partial charge >= 0.3 is 17.9 Å². The van der Waals surface area contributed by atoms with Crippen molar-refractivity contribution in [3.8, 4) is 0 Å². The van der Waals surface area contributed by atoms with Crippen molar-refractivity contribution in [2.24, 2.45) is 0 Å². The molecule has 2 unspecified atom stereocenters. The third-order valence-electron chi connectivity index (χ3n) is 2.11. The zero-order chi connectivity index (χ0) is 16.4. The maximum absolute atomic E-state index is 11.4. The largest absolute Gasteiger partial charge is 0.479 e. The Balaban J connectivity index is 4.75. The molecule has 114 valence electrons. The third kappa shape index (κ3) is 7.48. The van der Waals surface area contributed by atoms with E-state index in [1.807, 2.05) is 0 Å². The second kappa shape index (κ2) is 9.27. The van der Waals surface area contributed by atoms with Gasteiger partial charge in [0.05, 0.1) is 0 Å². The third-order valence-corrected chi connectivity index (χ3v) is 2.11. The summed E-state index contributed by atoms with van der Waals surface area (Å²) in [5.74, 6) is -4.64. The Labute approximate surface area is 121 Å². The van der Waals surface area contributed by atoms with Crippen LogP contribution in [0.1, 0.15) is 6.92 Å². The summed E-state index contributed by atoms with van der Waals surface area (Å²) in [4.78, 5) is 32.6. The molecule has 0 aliphatic heterocycles.